The highest BCUT2D eigenvalue weighted by atomic mass is 79.9. The van der Waals surface area contributed by atoms with E-state index in [1.165, 1.54) is 12.8 Å². The Morgan fingerprint density at radius 2 is 2.11 bits per heavy atom. The normalized spacial score (nSPS) is 17.7. The van der Waals surface area contributed by atoms with Crippen molar-refractivity contribution in [1.82, 2.24) is 4.90 Å². The van der Waals surface area contributed by atoms with Crippen LogP contribution in [0.1, 0.15) is 18.4 Å². The summed E-state index contributed by atoms with van der Waals surface area (Å²) in [7, 11) is 0. The Balaban J connectivity index is 1.85. The van der Waals surface area contributed by atoms with Crippen LogP contribution in [0.25, 0.3) is 0 Å². The molecule has 1 aromatic rings. The minimum Gasteiger partial charge on any atom is -0.390 e. The molecule has 19 heavy (non-hydrogen) atoms. The van der Waals surface area contributed by atoms with E-state index in [0.717, 1.165) is 40.4 Å². The second-order valence-corrected chi connectivity index (χ2v) is 6.39. The topological polar surface area (TPSA) is 35.5 Å². The molecule has 5 heteroatoms. The fraction of sp³-hybridized carbons (Fsp3) is 0.571. The van der Waals surface area contributed by atoms with Crippen molar-refractivity contribution in [3.63, 3.8) is 0 Å². The van der Waals surface area contributed by atoms with E-state index in [-0.39, 0.29) is 6.10 Å². The van der Waals surface area contributed by atoms with Crippen molar-refractivity contribution in [3.05, 3.63) is 27.2 Å². The molecule has 1 aliphatic heterocycles. The number of aliphatic hydroxyl groups is 1. The van der Waals surface area contributed by atoms with Crippen LogP contribution in [0.2, 0.25) is 5.02 Å². The molecular weight excluding hydrogens is 328 g/mol. The van der Waals surface area contributed by atoms with E-state index in [4.69, 9.17) is 11.6 Å². The van der Waals surface area contributed by atoms with Gasteiger partial charge in [-0.25, -0.2) is 0 Å². The quantitative estimate of drug-likeness (QED) is 0.858. The highest BCUT2D eigenvalue weighted by Crippen LogP contribution is 2.29. The number of hydrogen-bond acceptors (Lipinski definition) is 3. The van der Waals surface area contributed by atoms with Crippen LogP contribution < -0.4 is 5.32 Å². The number of nitrogens with one attached hydrogen (secondary N) is 1. The van der Waals surface area contributed by atoms with Crippen molar-refractivity contribution in [1.29, 1.82) is 0 Å². The van der Waals surface area contributed by atoms with Gasteiger partial charge < -0.3 is 15.3 Å². The Morgan fingerprint density at radius 3 is 2.79 bits per heavy atom. The van der Waals surface area contributed by atoms with E-state index in [0.29, 0.717) is 6.54 Å². The van der Waals surface area contributed by atoms with E-state index in [1.807, 2.05) is 19.1 Å². The number of halogens is 2. The van der Waals surface area contributed by atoms with Crippen molar-refractivity contribution in [2.75, 3.05) is 31.5 Å². The summed E-state index contributed by atoms with van der Waals surface area (Å²) < 4.78 is 0.975. The summed E-state index contributed by atoms with van der Waals surface area (Å²) in [6.07, 6.45) is 2.14. The zero-order chi connectivity index (χ0) is 13.8. The molecule has 0 bridgehead atoms. The maximum Gasteiger partial charge on any atom is 0.0839 e. The molecule has 2 N–H and O–H groups in total. The second-order valence-electron chi connectivity index (χ2n) is 5.12. The molecule has 106 valence electrons. The molecule has 3 nitrogen and oxygen atoms in total. The van der Waals surface area contributed by atoms with Gasteiger partial charge in [-0.1, -0.05) is 11.6 Å². The molecule has 1 unspecified atom stereocenters. The minimum atomic E-state index is -0.356. The van der Waals surface area contributed by atoms with Gasteiger partial charge in [0.05, 0.1) is 11.8 Å². The standard InChI is InChI=1S/C14H20BrClN2O/c1-10-6-12(15)14(7-13(10)16)17-8-11(19)9-18-4-2-3-5-18/h6-7,11,17,19H,2-5,8-9H2,1H3. The van der Waals surface area contributed by atoms with Crippen molar-refractivity contribution >= 4 is 33.2 Å². The van der Waals surface area contributed by atoms with Gasteiger partial charge >= 0.3 is 0 Å². The molecule has 1 aromatic carbocycles. The third kappa shape index (κ3) is 4.35. The van der Waals surface area contributed by atoms with E-state index in [9.17, 15) is 5.11 Å². The van der Waals surface area contributed by atoms with Gasteiger partial charge in [-0.2, -0.15) is 0 Å². The zero-order valence-corrected chi connectivity index (χ0v) is 13.5. The monoisotopic (exact) mass is 346 g/mol. The average Bonchev–Trinajstić information content (AvgIpc) is 2.85. The Hall–Kier alpha value is -0.290. The summed E-state index contributed by atoms with van der Waals surface area (Å²) in [5.74, 6) is 0. The van der Waals surface area contributed by atoms with Crippen LogP contribution in [0, 0.1) is 6.92 Å². The molecule has 1 fully saturated rings. The van der Waals surface area contributed by atoms with Crippen LogP contribution in [-0.2, 0) is 0 Å². The molecular formula is C14H20BrClN2O. The first-order valence-electron chi connectivity index (χ1n) is 6.66. The zero-order valence-electron chi connectivity index (χ0n) is 11.1. The molecule has 0 spiro atoms. The van der Waals surface area contributed by atoms with Gasteiger partial charge in [0.25, 0.3) is 0 Å². The molecule has 0 aromatic heterocycles. The van der Waals surface area contributed by atoms with E-state index in [2.05, 4.69) is 26.1 Å². The number of benzene rings is 1. The maximum atomic E-state index is 10.0. The number of anilines is 1. The van der Waals surface area contributed by atoms with Crippen LogP contribution in [0.3, 0.4) is 0 Å². The van der Waals surface area contributed by atoms with Gasteiger partial charge in [-0.15, -0.1) is 0 Å². The highest BCUT2D eigenvalue weighted by molar-refractivity contribution is 9.10. The molecule has 0 amide bonds. The Morgan fingerprint density at radius 1 is 1.42 bits per heavy atom. The first kappa shape index (κ1) is 15.1. The molecule has 0 saturated carbocycles. The smallest absolute Gasteiger partial charge is 0.0839 e. The molecule has 1 aliphatic rings. The van der Waals surface area contributed by atoms with Crippen molar-refractivity contribution < 1.29 is 5.11 Å². The summed E-state index contributed by atoms with van der Waals surface area (Å²) in [6, 6.07) is 3.88. The minimum absolute atomic E-state index is 0.356. The summed E-state index contributed by atoms with van der Waals surface area (Å²) in [5, 5.41) is 14.0. The Bertz CT molecular complexity index is 436. The van der Waals surface area contributed by atoms with E-state index < -0.39 is 0 Å². The first-order valence-corrected chi connectivity index (χ1v) is 7.83. The number of hydrogen-bond donors (Lipinski definition) is 2. The predicted molar refractivity (Wildman–Crippen MR) is 84.1 cm³/mol. The second kappa shape index (κ2) is 6.93. The lowest BCUT2D eigenvalue weighted by Gasteiger charge is -2.20. The van der Waals surface area contributed by atoms with Gasteiger partial charge in [0.15, 0.2) is 0 Å². The number of likely N-dealkylation sites (tertiary alicyclic amines) is 1. The van der Waals surface area contributed by atoms with Gasteiger partial charge in [-0.05, 0) is 66.5 Å². The molecule has 1 saturated heterocycles. The fourth-order valence-electron chi connectivity index (χ4n) is 2.34. The summed E-state index contributed by atoms with van der Waals surface area (Å²) in [5.41, 5.74) is 1.97. The highest BCUT2D eigenvalue weighted by Gasteiger charge is 2.15. The maximum absolute atomic E-state index is 10.0. The van der Waals surface area contributed by atoms with Crippen LogP contribution >= 0.6 is 27.5 Å². The Kier molecular flexibility index (Phi) is 5.51. The molecule has 1 atom stereocenters. The van der Waals surface area contributed by atoms with Crippen molar-refractivity contribution in [2.45, 2.75) is 25.9 Å². The lowest BCUT2D eigenvalue weighted by atomic mass is 10.2. The summed E-state index contributed by atoms with van der Waals surface area (Å²) >= 11 is 9.61. The SMILES string of the molecule is Cc1cc(Br)c(NCC(O)CN2CCCC2)cc1Cl. The van der Waals surface area contributed by atoms with Gasteiger partial charge in [-0.3, -0.25) is 0 Å². The largest absolute Gasteiger partial charge is 0.390 e. The molecule has 2 rings (SSSR count). The van der Waals surface area contributed by atoms with Gasteiger partial charge in [0.1, 0.15) is 0 Å². The molecule has 1 heterocycles. The van der Waals surface area contributed by atoms with E-state index >= 15 is 0 Å². The third-order valence-corrected chi connectivity index (χ3v) is 4.51. The molecule has 0 aliphatic carbocycles. The lowest BCUT2D eigenvalue weighted by Crippen LogP contribution is -2.34. The van der Waals surface area contributed by atoms with Gasteiger partial charge in [0, 0.05) is 22.6 Å². The van der Waals surface area contributed by atoms with Crippen molar-refractivity contribution in [2.24, 2.45) is 0 Å². The van der Waals surface area contributed by atoms with Crippen LogP contribution in [-0.4, -0.2) is 42.3 Å². The number of rotatable bonds is 5. The number of β-amino-alcohol motifs (C(OH)–C–C–N with tert-alkyl or cyclic N) is 1. The number of aliphatic hydroxyl groups excluding tert-OH is 1. The van der Waals surface area contributed by atoms with Crippen LogP contribution in [0.15, 0.2) is 16.6 Å². The Labute approximate surface area is 128 Å². The average molecular weight is 348 g/mol. The lowest BCUT2D eigenvalue weighted by molar-refractivity contribution is 0.135. The van der Waals surface area contributed by atoms with Gasteiger partial charge in [0.2, 0.25) is 0 Å². The summed E-state index contributed by atoms with van der Waals surface area (Å²) in [6.45, 7) is 5.46. The summed E-state index contributed by atoms with van der Waals surface area (Å²) in [4.78, 5) is 2.31. The molecule has 0 radical (unpaired) electrons. The van der Waals surface area contributed by atoms with E-state index in [1.54, 1.807) is 0 Å². The third-order valence-electron chi connectivity index (χ3n) is 3.44. The predicted octanol–water partition coefficient (Wildman–Crippen LogP) is 3.28. The first-order chi connectivity index (χ1) is 9.06. The number of nitrogens with zero attached hydrogens (tertiary/aromatic N) is 1. The van der Waals surface area contributed by atoms with Crippen LogP contribution in [0.5, 0.6) is 0 Å². The fourth-order valence-corrected chi connectivity index (χ4v) is 3.10. The van der Waals surface area contributed by atoms with Crippen molar-refractivity contribution in [3.8, 4) is 0 Å². The number of aryl methyl sites for hydroxylation is 1. The van der Waals surface area contributed by atoms with Crippen LogP contribution in [0.4, 0.5) is 5.69 Å².